The molecule has 1 aromatic rings. The number of amides is 2. The third kappa shape index (κ3) is 3.81. The minimum Gasteiger partial charge on any atom is -0.368 e. The number of ketones is 1. The molecule has 1 unspecified atom stereocenters. The van der Waals surface area contributed by atoms with Gasteiger partial charge in [-0.15, -0.1) is 0 Å². The van der Waals surface area contributed by atoms with E-state index in [1.54, 1.807) is 24.0 Å². The van der Waals surface area contributed by atoms with Crippen molar-refractivity contribution in [3.05, 3.63) is 30.1 Å². The average Bonchev–Trinajstić information content (AvgIpc) is 2.86. The number of carbonyl (C=O) groups is 3. The van der Waals surface area contributed by atoms with Gasteiger partial charge in [-0.3, -0.25) is 14.4 Å². The van der Waals surface area contributed by atoms with E-state index in [-0.39, 0.29) is 36.3 Å². The second kappa shape index (κ2) is 6.82. The lowest BCUT2D eigenvalue weighted by molar-refractivity contribution is -0.132. The zero-order chi connectivity index (χ0) is 18.0. The fraction of sp³-hybridized carbons (Fsp3) is 0.500. The number of rotatable bonds is 4. The standard InChI is InChI=1S/C18H22FN3O3/c1-18(15(23)12-16(24)20-18)7-6-17(25)22-10-8-21(9-11-22)14-4-2-13(19)3-5-14/h2-5H,6-12H2,1H3,(H,20,24). The van der Waals surface area contributed by atoms with E-state index in [2.05, 4.69) is 10.2 Å². The van der Waals surface area contributed by atoms with Crippen LogP contribution in [0.3, 0.4) is 0 Å². The molecule has 2 saturated heterocycles. The summed E-state index contributed by atoms with van der Waals surface area (Å²) in [5, 5.41) is 2.67. The van der Waals surface area contributed by atoms with Crippen LogP contribution in [0.15, 0.2) is 24.3 Å². The Kier molecular flexibility index (Phi) is 4.74. The van der Waals surface area contributed by atoms with E-state index < -0.39 is 5.54 Å². The molecule has 7 heteroatoms. The molecule has 1 N–H and O–H groups in total. The number of halogens is 1. The average molecular weight is 347 g/mol. The van der Waals surface area contributed by atoms with Crippen molar-refractivity contribution in [1.82, 2.24) is 10.2 Å². The van der Waals surface area contributed by atoms with Gasteiger partial charge in [-0.2, -0.15) is 0 Å². The van der Waals surface area contributed by atoms with E-state index in [4.69, 9.17) is 0 Å². The number of Topliss-reactive ketones (excluding diaryl/α,β-unsaturated/α-hetero) is 1. The van der Waals surface area contributed by atoms with Crippen LogP contribution < -0.4 is 10.2 Å². The fourth-order valence-electron chi connectivity index (χ4n) is 3.35. The first kappa shape index (κ1) is 17.4. The Morgan fingerprint density at radius 1 is 1.16 bits per heavy atom. The summed E-state index contributed by atoms with van der Waals surface area (Å²) in [7, 11) is 0. The van der Waals surface area contributed by atoms with E-state index in [1.807, 2.05) is 0 Å². The predicted molar refractivity (Wildman–Crippen MR) is 90.6 cm³/mol. The summed E-state index contributed by atoms with van der Waals surface area (Å²) in [5.74, 6) is -0.687. The number of anilines is 1. The van der Waals surface area contributed by atoms with Crippen molar-refractivity contribution < 1.29 is 18.8 Å². The first-order valence-corrected chi connectivity index (χ1v) is 8.50. The lowest BCUT2D eigenvalue weighted by Gasteiger charge is -2.36. The van der Waals surface area contributed by atoms with Crippen LogP contribution in [0, 0.1) is 5.82 Å². The molecule has 2 aliphatic heterocycles. The van der Waals surface area contributed by atoms with Crippen LogP contribution in [-0.4, -0.2) is 54.2 Å². The monoisotopic (exact) mass is 347 g/mol. The summed E-state index contributed by atoms with van der Waals surface area (Å²) < 4.78 is 13.0. The van der Waals surface area contributed by atoms with Gasteiger partial charge in [0.15, 0.2) is 5.78 Å². The highest BCUT2D eigenvalue weighted by atomic mass is 19.1. The van der Waals surface area contributed by atoms with Crippen LogP contribution in [0.1, 0.15) is 26.2 Å². The Morgan fingerprint density at radius 2 is 1.80 bits per heavy atom. The summed E-state index contributed by atoms with van der Waals surface area (Å²) in [6, 6.07) is 6.34. The second-order valence-electron chi connectivity index (χ2n) is 6.82. The maximum Gasteiger partial charge on any atom is 0.228 e. The third-order valence-electron chi connectivity index (χ3n) is 5.01. The van der Waals surface area contributed by atoms with Gasteiger partial charge in [0.2, 0.25) is 11.8 Å². The molecule has 2 heterocycles. The summed E-state index contributed by atoms with van der Waals surface area (Å²) in [6.07, 6.45) is 0.467. The van der Waals surface area contributed by atoms with Crippen molar-refractivity contribution in [2.45, 2.75) is 31.7 Å². The Hall–Kier alpha value is -2.44. The van der Waals surface area contributed by atoms with E-state index >= 15 is 0 Å². The highest BCUT2D eigenvalue weighted by molar-refractivity contribution is 6.10. The smallest absolute Gasteiger partial charge is 0.228 e. The molecule has 1 aromatic carbocycles. The van der Waals surface area contributed by atoms with Gasteiger partial charge in [-0.25, -0.2) is 4.39 Å². The number of piperazine rings is 1. The normalized spacial score (nSPS) is 23.8. The van der Waals surface area contributed by atoms with E-state index in [1.165, 1.54) is 12.1 Å². The van der Waals surface area contributed by atoms with Crippen LogP contribution in [0.5, 0.6) is 0 Å². The summed E-state index contributed by atoms with van der Waals surface area (Å²) in [6.45, 7) is 4.23. The molecule has 6 nitrogen and oxygen atoms in total. The van der Waals surface area contributed by atoms with E-state index in [0.717, 1.165) is 5.69 Å². The lowest BCUT2D eigenvalue weighted by atomic mass is 9.92. The minimum atomic E-state index is -0.914. The molecular formula is C18H22FN3O3. The van der Waals surface area contributed by atoms with Crippen molar-refractivity contribution >= 4 is 23.3 Å². The molecule has 2 aliphatic rings. The third-order valence-corrected chi connectivity index (χ3v) is 5.01. The first-order valence-electron chi connectivity index (χ1n) is 8.50. The number of carbonyl (C=O) groups excluding carboxylic acids is 3. The van der Waals surface area contributed by atoms with Crippen LogP contribution in [0.4, 0.5) is 10.1 Å². The molecule has 2 amide bonds. The maximum atomic E-state index is 13.0. The molecule has 2 fully saturated rings. The Bertz CT molecular complexity index is 683. The van der Waals surface area contributed by atoms with Gasteiger partial charge in [-0.1, -0.05) is 0 Å². The van der Waals surface area contributed by atoms with Crippen LogP contribution in [0.2, 0.25) is 0 Å². The molecule has 0 saturated carbocycles. The number of hydrogen-bond acceptors (Lipinski definition) is 4. The molecule has 0 radical (unpaired) electrons. The topological polar surface area (TPSA) is 69.7 Å². The molecule has 1 atom stereocenters. The summed E-state index contributed by atoms with van der Waals surface area (Å²) >= 11 is 0. The molecule has 0 bridgehead atoms. The van der Waals surface area contributed by atoms with Crippen LogP contribution in [0.25, 0.3) is 0 Å². The Labute approximate surface area is 146 Å². The maximum absolute atomic E-state index is 13.0. The molecule has 0 aromatic heterocycles. The number of benzene rings is 1. The summed E-state index contributed by atoms with van der Waals surface area (Å²) in [5.41, 5.74) is 0.0307. The van der Waals surface area contributed by atoms with Gasteiger partial charge in [0.25, 0.3) is 0 Å². The number of hydrogen-bond donors (Lipinski definition) is 1. The van der Waals surface area contributed by atoms with Crippen molar-refractivity contribution in [3.63, 3.8) is 0 Å². The zero-order valence-electron chi connectivity index (χ0n) is 14.3. The van der Waals surface area contributed by atoms with Crippen molar-refractivity contribution in [3.8, 4) is 0 Å². The molecule has 25 heavy (non-hydrogen) atoms. The van der Waals surface area contributed by atoms with Gasteiger partial charge in [0, 0.05) is 38.3 Å². The van der Waals surface area contributed by atoms with Crippen LogP contribution >= 0.6 is 0 Å². The van der Waals surface area contributed by atoms with Crippen LogP contribution in [-0.2, 0) is 14.4 Å². The minimum absolute atomic E-state index is 0.00562. The van der Waals surface area contributed by atoms with Gasteiger partial charge in [0.05, 0.1) is 12.0 Å². The van der Waals surface area contributed by atoms with E-state index in [9.17, 15) is 18.8 Å². The highest BCUT2D eigenvalue weighted by Gasteiger charge is 2.41. The molecular weight excluding hydrogens is 325 g/mol. The first-order chi connectivity index (χ1) is 11.9. The van der Waals surface area contributed by atoms with Gasteiger partial charge < -0.3 is 15.1 Å². The van der Waals surface area contributed by atoms with Crippen molar-refractivity contribution in [2.24, 2.45) is 0 Å². The highest BCUT2D eigenvalue weighted by Crippen LogP contribution is 2.22. The predicted octanol–water partition coefficient (Wildman–Crippen LogP) is 1.10. The molecule has 0 spiro atoms. The quantitative estimate of drug-likeness (QED) is 0.828. The lowest BCUT2D eigenvalue weighted by Crippen LogP contribution is -2.50. The van der Waals surface area contributed by atoms with E-state index in [0.29, 0.717) is 32.6 Å². The molecule has 3 rings (SSSR count). The van der Waals surface area contributed by atoms with Crippen molar-refractivity contribution in [2.75, 3.05) is 31.1 Å². The summed E-state index contributed by atoms with van der Waals surface area (Å²) in [4.78, 5) is 39.5. The van der Waals surface area contributed by atoms with Gasteiger partial charge in [0.1, 0.15) is 5.82 Å². The van der Waals surface area contributed by atoms with Crippen molar-refractivity contribution in [1.29, 1.82) is 0 Å². The van der Waals surface area contributed by atoms with Gasteiger partial charge in [-0.05, 0) is 37.6 Å². The fourth-order valence-corrected chi connectivity index (χ4v) is 3.35. The Morgan fingerprint density at radius 3 is 2.36 bits per heavy atom. The molecule has 134 valence electrons. The number of nitrogens with zero attached hydrogens (tertiary/aromatic N) is 2. The largest absolute Gasteiger partial charge is 0.368 e. The van der Waals surface area contributed by atoms with Gasteiger partial charge >= 0.3 is 0 Å². The second-order valence-corrected chi connectivity index (χ2v) is 6.82. The number of nitrogens with one attached hydrogen (secondary N) is 1. The zero-order valence-corrected chi connectivity index (χ0v) is 14.3. The molecule has 0 aliphatic carbocycles. The SMILES string of the molecule is CC1(CCC(=O)N2CCN(c3ccc(F)cc3)CC2)NC(=O)CC1=O. The Balaban J connectivity index is 1.49.